The third kappa shape index (κ3) is 3.46. The number of aryl methyl sites for hydroxylation is 3. The predicted octanol–water partition coefficient (Wildman–Crippen LogP) is 4.34. The maximum atomic E-state index is 12.7. The third-order valence-electron chi connectivity index (χ3n) is 5.08. The van der Waals surface area contributed by atoms with Crippen molar-refractivity contribution in [2.24, 2.45) is 0 Å². The van der Waals surface area contributed by atoms with Crippen molar-refractivity contribution in [3.63, 3.8) is 0 Å². The molecule has 0 N–H and O–H groups in total. The van der Waals surface area contributed by atoms with Gasteiger partial charge in [-0.3, -0.25) is 4.79 Å². The number of amides is 1. The first kappa shape index (κ1) is 18.4. The van der Waals surface area contributed by atoms with Crippen LogP contribution in [0.3, 0.4) is 0 Å². The first-order valence-corrected chi connectivity index (χ1v) is 10.6. The zero-order valence-electron chi connectivity index (χ0n) is 15.6. The summed E-state index contributed by atoms with van der Waals surface area (Å²) in [5, 5.41) is 1.16. The first-order chi connectivity index (χ1) is 12.9. The monoisotopic (exact) mass is 444 g/mol. The molecule has 1 aliphatic rings. The number of thiophene rings is 1. The zero-order chi connectivity index (χ0) is 19.1. The number of piperazine rings is 1. The third-order valence-corrected chi connectivity index (χ3v) is 6.71. The van der Waals surface area contributed by atoms with Crippen LogP contribution in [0, 0.1) is 20.8 Å². The van der Waals surface area contributed by atoms with Crippen LogP contribution >= 0.6 is 27.3 Å². The lowest BCUT2D eigenvalue weighted by molar-refractivity contribution is 0.0746. The number of nitrogens with zero attached hydrogens (tertiary/aromatic N) is 4. The molecule has 2 aromatic heterocycles. The molecule has 0 spiro atoms. The van der Waals surface area contributed by atoms with E-state index in [-0.39, 0.29) is 5.91 Å². The Kier molecular flexibility index (Phi) is 4.90. The number of carbonyl (C=O) groups excluding carboxylic acids is 1. The summed E-state index contributed by atoms with van der Waals surface area (Å²) in [7, 11) is 0. The summed E-state index contributed by atoms with van der Waals surface area (Å²) in [6.45, 7) is 9.17. The Morgan fingerprint density at radius 2 is 1.70 bits per heavy atom. The molecular weight excluding hydrogens is 424 g/mol. The molecule has 5 nitrogen and oxygen atoms in total. The van der Waals surface area contributed by atoms with E-state index in [0.29, 0.717) is 13.1 Å². The van der Waals surface area contributed by atoms with Gasteiger partial charge in [-0.25, -0.2) is 9.97 Å². The van der Waals surface area contributed by atoms with Gasteiger partial charge in [0.25, 0.3) is 5.91 Å². The average molecular weight is 445 g/mol. The van der Waals surface area contributed by atoms with Gasteiger partial charge in [-0.2, -0.15) is 0 Å². The molecule has 1 fully saturated rings. The summed E-state index contributed by atoms with van der Waals surface area (Å²) in [5.74, 6) is 1.90. The second-order valence-electron chi connectivity index (χ2n) is 6.84. The molecule has 0 unspecified atom stereocenters. The molecule has 3 heterocycles. The number of carbonyl (C=O) groups is 1. The van der Waals surface area contributed by atoms with Crippen LogP contribution in [0.1, 0.15) is 26.6 Å². The molecule has 1 saturated heterocycles. The minimum Gasteiger partial charge on any atom is -0.352 e. The lowest BCUT2D eigenvalue weighted by Gasteiger charge is -2.36. The molecule has 7 heteroatoms. The molecule has 1 amide bonds. The average Bonchev–Trinajstić information content (AvgIpc) is 2.95. The molecule has 0 radical (unpaired) electrons. The minimum absolute atomic E-state index is 0.0914. The number of aromatic nitrogens is 2. The van der Waals surface area contributed by atoms with E-state index in [1.165, 1.54) is 10.4 Å². The van der Waals surface area contributed by atoms with Crippen molar-refractivity contribution in [3.8, 4) is 0 Å². The Labute approximate surface area is 171 Å². The van der Waals surface area contributed by atoms with Gasteiger partial charge in [-0.1, -0.05) is 15.9 Å². The van der Waals surface area contributed by atoms with E-state index in [2.05, 4.69) is 39.7 Å². The van der Waals surface area contributed by atoms with Gasteiger partial charge in [0.15, 0.2) is 0 Å². The van der Waals surface area contributed by atoms with Crippen LogP contribution in [-0.2, 0) is 0 Å². The van der Waals surface area contributed by atoms with Gasteiger partial charge in [0, 0.05) is 41.1 Å². The highest BCUT2D eigenvalue weighted by Crippen LogP contribution is 2.35. The van der Waals surface area contributed by atoms with E-state index < -0.39 is 0 Å². The van der Waals surface area contributed by atoms with Crippen molar-refractivity contribution in [2.45, 2.75) is 20.8 Å². The van der Waals surface area contributed by atoms with E-state index in [4.69, 9.17) is 4.98 Å². The van der Waals surface area contributed by atoms with Crippen molar-refractivity contribution in [1.82, 2.24) is 14.9 Å². The summed E-state index contributed by atoms with van der Waals surface area (Å²) in [6, 6.07) is 7.55. The number of halogens is 1. The maximum Gasteiger partial charge on any atom is 0.253 e. The lowest BCUT2D eigenvalue weighted by atomic mass is 10.1. The van der Waals surface area contributed by atoms with E-state index in [1.54, 1.807) is 11.3 Å². The highest BCUT2D eigenvalue weighted by Gasteiger charge is 2.25. The summed E-state index contributed by atoms with van der Waals surface area (Å²) >= 11 is 5.14. The lowest BCUT2D eigenvalue weighted by Crippen LogP contribution is -2.49. The highest BCUT2D eigenvalue weighted by molar-refractivity contribution is 9.10. The van der Waals surface area contributed by atoms with Crippen LogP contribution in [0.2, 0.25) is 0 Å². The van der Waals surface area contributed by atoms with E-state index >= 15 is 0 Å². The Bertz CT molecular complexity index is 1010. The molecule has 140 valence electrons. The van der Waals surface area contributed by atoms with Crippen molar-refractivity contribution in [2.75, 3.05) is 31.1 Å². The highest BCUT2D eigenvalue weighted by atomic mass is 79.9. The zero-order valence-corrected chi connectivity index (χ0v) is 18.0. The number of fused-ring (bicyclic) bond motifs is 1. The van der Waals surface area contributed by atoms with Crippen LogP contribution in [0.5, 0.6) is 0 Å². The Morgan fingerprint density at radius 1 is 1.04 bits per heavy atom. The van der Waals surface area contributed by atoms with Crippen molar-refractivity contribution in [1.29, 1.82) is 0 Å². The van der Waals surface area contributed by atoms with Gasteiger partial charge in [-0.15, -0.1) is 11.3 Å². The predicted molar refractivity (Wildman–Crippen MR) is 114 cm³/mol. The number of hydrogen-bond acceptors (Lipinski definition) is 5. The second kappa shape index (κ2) is 7.20. The normalized spacial score (nSPS) is 14.8. The number of benzene rings is 1. The van der Waals surface area contributed by atoms with Crippen LogP contribution in [0.15, 0.2) is 28.7 Å². The Morgan fingerprint density at radius 3 is 2.37 bits per heavy atom. The fourth-order valence-electron chi connectivity index (χ4n) is 3.46. The van der Waals surface area contributed by atoms with Crippen LogP contribution < -0.4 is 4.90 Å². The van der Waals surface area contributed by atoms with Crippen LogP contribution in [0.4, 0.5) is 5.82 Å². The molecule has 0 bridgehead atoms. The largest absolute Gasteiger partial charge is 0.352 e. The topological polar surface area (TPSA) is 49.3 Å². The van der Waals surface area contributed by atoms with E-state index in [9.17, 15) is 4.79 Å². The molecule has 27 heavy (non-hydrogen) atoms. The van der Waals surface area contributed by atoms with Crippen molar-refractivity contribution >= 4 is 49.2 Å². The fourth-order valence-corrected chi connectivity index (χ4v) is 4.79. The van der Waals surface area contributed by atoms with Crippen molar-refractivity contribution < 1.29 is 4.79 Å². The summed E-state index contributed by atoms with van der Waals surface area (Å²) in [4.78, 5) is 28.7. The fraction of sp³-hybridized carbons (Fsp3) is 0.350. The number of anilines is 1. The molecule has 1 aromatic carbocycles. The Balaban J connectivity index is 1.55. The van der Waals surface area contributed by atoms with Gasteiger partial charge < -0.3 is 9.80 Å². The SMILES string of the molecule is Cc1nc(N2CCN(C(=O)c3ccc(Br)cc3)CC2)c2c(C)c(C)sc2n1. The van der Waals surface area contributed by atoms with Gasteiger partial charge in [0.1, 0.15) is 16.5 Å². The maximum absolute atomic E-state index is 12.7. The summed E-state index contributed by atoms with van der Waals surface area (Å²) < 4.78 is 0.980. The minimum atomic E-state index is 0.0914. The molecule has 4 rings (SSSR count). The quantitative estimate of drug-likeness (QED) is 0.589. The van der Waals surface area contributed by atoms with Gasteiger partial charge in [0.05, 0.1) is 5.39 Å². The molecule has 0 atom stereocenters. The standard InChI is InChI=1S/C20H21BrN4OS/c1-12-13(2)27-19-17(12)18(22-14(3)23-19)24-8-10-25(11-9-24)20(26)15-4-6-16(21)7-5-15/h4-7H,8-11H2,1-3H3. The smallest absolute Gasteiger partial charge is 0.253 e. The Hall–Kier alpha value is -1.99. The molecule has 1 aliphatic heterocycles. The number of rotatable bonds is 2. The first-order valence-electron chi connectivity index (χ1n) is 8.98. The molecule has 0 aliphatic carbocycles. The molecular formula is C20H21BrN4OS. The summed E-state index contributed by atoms with van der Waals surface area (Å²) in [5.41, 5.74) is 1.99. The second-order valence-corrected chi connectivity index (χ2v) is 8.96. The van der Waals surface area contributed by atoms with Crippen molar-refractivity contribution in [3.05, 3.63) is 50.6 Å². The van der Waals surface area contributed by atoms with Gasteiger partial charge in [-0.05, 0) is 50.6 Å². The van der Waals surface area contributed by atoms with E-state index in [0.717, 1.165) is 45.0 Å². The molecule has 3 aromatic rings. The van der Waals surface area contributed by atoms with Crippen LogP contribution in [-0.4, -0.2) is 47.0 Å². The summed E-state index contributed by atoms with van der Waals surface area (Å²) in [6.07, 6.45) is 0. The van der Waals surface area contributed by atoms with Crippen LogP contribution in [0.25, 0.3) is 10.2 Å². The number of hydrogen-bond donors (Lipinski definition) is 0. The van der Waals surface area contributed by atoms with E-state index in [1.807, 2.05) is 36.1 Å². The molecule has 0 saturated carbocycles. The van der Waals surface area contributed by atoms with Gasteiger partial charge >= 0.3 is 0 Å². The van der Waals surface area contributed by atoms with Gasteiger partial charge in [0.2, 0.25) is 0 Å².